The lowest BCUT2D eigenvalue weighted by Crippen LogP contribution is -2.28. The molecule has 0 bridgehead atoms. The Hall–Kier alpha value is -1.06. The highest BCUT2D eigenvalue weighted by Gasteiger charge is 2.31. The third-order valence-corrected chi connectivity index (χ3v) is 5.38. The Morgan fingerprint density at radius 1 is 0.615 bits per heavy atom. The fraction of sp³-hybridized carbons (Fsp3) is 0.909. The van der Waals surface area contributed by atoms with Crippen molar-refractivity contribution < 1.29 is 19.1 Å². The number of rotatable bonds is 14. The van der Waals surface area contributed by atoms with Gasteiger partial charge >= 0.3 is 11.9 Å². The molecule has 1 fully saturated rings. The van der Waals surface area contributed by atoms with Gasteiger partial charge in [-0.15, -0.1) is 0 Å². The van der Waals surface area contributed by atoms with Crippen LogP contribution >= 0.6 is 0 Å². The van der Waals surface area contributed by atoms with Gasteiger partial charge in [0, 0.05) is 0 Å². The maximum atomic E-state index is 12.1. The van der Waals surface area contributed by atoms with Crippen molar-refractivity contribution in [1.29, 1.82) is 0 Å². The number of hydrogen-bond acceptors (Lipinski definition) is 4. The molecule has 0 aromatic heterocycles. The Kier molecular flexibility index (Phi) is 13.3. The number of carbonyl (C=O) groups excluding carboxylic acids is 2. The SMILES string of the molecule is CCCCCCCOC(=O)C1CCC(C(=O)OCCCCCCC)CC1. The Balaban J connectivity index is 2.07. The minimum atomic E-state index is -0.0665. The van der Waals surface area contributed by atoms with E-state index in [9.17, 15) is 9.59 Å². The van der Waals surface area contributed by atoms with Crippen LogP contribution in [0, 0.1) is 11.8 Å². The Bertz CT molecular complexity index is 336. The van der Waals surface area contributed by atoms with Crippen LogP contribution in [0.4, 0.5) is 0 Å². The first-order valence-electron chi connectivity index (χ1n) is 11.0. The van der Waals surface area contributed by atoms with Crippen LogP contribution in [0.5, 0.6) is 0 Å². The van der Waals surface area contributed by atoms with Gasteiger partial charge in [0.05, 0.1) is 25.0 Å². The van der Waals surface area contributed by atoms with Crippen molar-refractivity contribution in [2.24, 2.45) is 11.8 Å². The normalized spacial score (nSPS) is 19.9. The zero-order valence-corrected chi connectivity index (χ0v) is 17.1. The molecule has 0 aromatic carbocycles. The van der Waals surface area contributed by atoms with E-state index in [1.165, 1.54) is 38.5 Å². The molecule has 4 heteroatoms. The van der Waals surface area contributed by atoms with E-state index >= 15 is 0 Å². The molecular weight excluding hydrogens is 328 g/mol. The quantitative estimate of drug-likeness (QED) is 0.286. The minimum Gasteiger partial charge on any atom is -0.465 e. The topological polar surface area (TPSA) is 52.6 Å². The van der Waals surface area contributed by atoms with Crippen molar-refractivity contribution in [1.82, 2.24) is 0 Å². The summed E-state index contributed by atoms with van der Waals surface area (Å²) in [5.41, 5.74) is 0. The molecular formula is C22H40O4. The van der Waals surface area contributed by atoms with Gasteiger partial charge in [0.25, 0.3) is 0 Å². The second-order valence-electron chi connectivity index (χ2n) is 7.71. The van der Waals surface area contributed by atoms with Crippen LogP contribution in [-0.2, 0) is 19.1 Å². The van der Waals surface area contributed by atoms with Crippen molar-refractivity contribution in [3.63, 3.8) is 0 Å². The van der Waals surface area contributed by atoms with E-state index < -0.39 is 0 Å². The average Bonchev–Trinajstić information content (AvgIpc) is 2.67. The van der Waals surface area contributed by atoms with Gasteiger partial charge in [-0.3, -0.25) is 9.59 Å². The van der Waals surface area contributed by atoms with E-state index in [4.69, 9.17) is 9.47 Å². The predicted molar refractivity (Wildman–Crippen MR) is 105 cm³/mol. The van der Waals surface area contributed by atoms with Gasteiger partial charge in [-0.05, 0) is 38.5 Å². The molecule has 1 aliphatic carbocycles. The highest BCUT2D eigenvalue weighted by Crippen LogP contribution is 2.30. The molecule has 0 spiro atoms. The third-order valence-electron chi connectivity index (χ3n) is 5.38. The van der Waals surface area contributed by atoms with Crippen LogP contribution in [0.1, 0.15) is 104 Å². The monoisotopic (exact) mass is 368 g/mol. The summed E-state index contributed by atoms with van der Waals surface area (Å²) in [5.74, 6) is -0.182. The zero-order valence-electron chi connectivity index (χ0n) is 17.1. The minimum absolute atomic E-state index is 0.0243. The second kappa shape index (κ2) is 15.0. The molecule has 0 atom stereocenters. The summed E-state index contributed by atoms with van der Waals surface area (Å²) in [4.78, 5) is 24.2. The summed E-state index contributed by atoms with van der Waals surface area (Å²) in [5, 5.41) is 0. The molecule has 0 amide bonds. The Morgan fingerprint density at radius 3 is 1.31 bits per heavy atom. The molecule has 0 unspecified atom stereocenters. The summed E-state index contributed by atoms with van der Waals surface area (Å²) in [6.45, 7) is 5.48. The number of esters is 2. The van der Waals surface area contributed by atoms with Crippen LogP contribution < -0.4 is 0 Å². The van der Waals surface area contributed by atoms with E-state index in [1.807, 2.05) is 0 Å². The van der Waals surface area contributed by atoms with E-state index in [0.29, 0.717) is 13.2 Å². The average molecular weight is 369 g/mol. The van der Waals surface area contributed by atoms with E-state index in [2.05, 4.69) is 13.8 Å². The van der Waals surface area contributed by atoms with Gasteiger partial charge in [0.1, 0.15) is 0 Å². The summed E-state index contributed by atoms with van der Waals surface area (Å²) >= 11 is 0. The number of ether oxygens (including phenoxy) is 2. The zero-order chi connectivity index (χ0) is 19.0. The summed E-state index contributed by atoms with van der Waals surface area (Å²) < 4.78 is 10.8. The maximum absolute atomic E-state index is 12.1. The first-order chi connectivity index (χ1) is 12.7. The van der Waals surface area contributed by atoms with Gasteiger partial charge in [-0.25, -0.2) is 0 Å². The highest BCUT2D eigenvalue weighted by atomic mass is 16.5. The van der Waals surface area contributed by atoms with Crippen LogP contribution in [0.15, 0.2) is 0 Å². The third kappa shape index (κ3) is 10.2. The van der Waals surface area contributed by atoms with Crippen LogP contribution in [-0.4, -0.2) is 25.2 Å². The lowest BCUT2D eigenvalue weighted by Gasteiger charge is -2.26. The van der Waals surface area contributed by atoms with Crippen molar-refractivity contribution in [3.8, 4) is 0 Å². The Morgan fingerprint density at radius 2 is 0.962 bits per heavy atom. The molecule has 4 nitrogen and oxygen atoms in total. The molecule has 0 N–H and O–H groups in total. The van der Waals surface area contributed by atoms with E-state index in [-0.39, 0.29) is 23.8 Å². The van der Waals surface area contributed by atoms with E-state index in [1.54, 1.807) is 0 Å². The fourth-order valence-electron chi connectivity index (χ4n) is 3.56. The first kappa shape index (κ1) is 23.0. The molecule has 0 radical (unpaired) electrons. The van der Waals surface area contributed by atoms with Gasteiger partial charge in [0.15, 0.2) is 0 Å². The van der Waals surface area contributed by atoms with Gasteiger partial charge in [0.2, 0.25) is 0 Å². The maximum Gasteiger partial charge on any atom is 0.308 e. The summed E-state index contributed by atoms with van der Waals surface area (Å²) in [6, 6.07) is 0. The largest absolute Gasteiger partial charge is 0.465 e. The fourth-order valence-corrected chi connectivity index (χ4v) is 3.56. The van der Waals surface area contributed by atoms with Gasteiger partial charge < -0.3 is 9.47 Å². The Labute approximate surface area is 160 Å². The molecule has 0 heterocycles. The lowest BCUT2D eigenvalue weighted by atomic mass is 9.82. The summed E-state index contributed by atoms with van der Waals surface area (Å²) in [6.07, 6.45) is 14.6. The lowest BCUT2D eigenvalue weighted by molar-refractivity contribution is -0.155. The van der Waals surface area contributed by atoms with E-state index in [0.717, 1.165) is 51.4 Å². The highest BCUT2D eigenvalue weighted by molar-refractivity contribution is 5.75. The number of carbonyl (C=O) groups is 2. The summed E-state index contributed by atoms with van der Waals surface area (Å²) in [7, 11) is 0. The van der Waals surface area contributed by atoms with Crippen LogP contribution in [0.25, 0.3) is 0 Å². The van der Waals surface area contributed by atoms with Crippen LogP contribution in [0.2, 0.25) is 0 Å². The standard InChI is InChI=1S/C22H40O4/c1-3-5-7-9-11-17-25-21(23)19-13-15-20(16-14-19)22(24)26-18-12-10-8-6-4-2/h19-20H,3-18H2,1-2H3. The molecule has 0 saturated heterocycles. The smallest absolute Gasteiger partial charge is 0.308 e. The van der Waals surface area contributed by atoms with Crippen molar-refractivity contribution in [2.75, 3.05) is 13.2 Å². The molecule has 0 aliphatic heterocycles. The second-order valence-corrected chi connectivity index (χ2v) is 7.71. The first-order valence-corrected chi connectivity index (χ1v) is 11.0. The molecule has 1 rings (SSSR count). The molecule has 0 aromatic rings. The van der Waals surface area contributed by atoms with Crippen molar-refractivity contribution >= 4 is 11.9 Å². The molecule has 152 valence electrons. The van der Waals surface area contributed by atoms with Gasteiger partial charge in [-0.1, -0.05) is 65.2 Å². The van der Waals surface area contributed by atoms with Crippen molar-refractivity contribution in [2.45, 2.75) is 104 Å². The predicted octanol–water partition coefficient (Wildman–Crippen LogP) is 5.82. The molecule has 1 saturated carbocycles. The number of unbranched alkanes of at least 4 members (excludes halogenated alkanes) is 8. The molecule has 26 heavy (non-hydrogen) atoms. The van der Waals surface area contributed by atoms with Crippen molar-refractivity contribution in [3.05, 3.63) is 0 Å². The molecule has 1 aliphatic rings. The van der Waals surface area contributed by atoms with Gasteiger partial charge in [-0.2, -0.15) is 0 Å². The van der Waals surface area contributed by atoms with Crippen LogP contribution in [0.3, 0.4) is 0 Å². The number of hydrogen-bond donors (Lipinski definition) is 0.